The lowest BCUT2D eigenvalue weighted by Gasteiger charge is -2.04. The number of benzene rings is 3. The van der Waals surface area contributed by atoms with Gasteiger partial charge in [0.05, 0.1) is 22.4 Å². The first-order chi connectivity index (χ1) is 13.5. The van der Waals surface area contributed by atoms with E-state index in [2.05, 4.69) is 10.5 Å². The molecule has 1 amide bonds. The van der Waals surface area contributed by atoms with E-state index in [-0.39, 0.29) is 10.6 Å². The van der Waals surface area contributed by atoms with Crippen molar-refractivity contribution in [2.45, 2.75) is 0 Å². The number of nitrogens with zero attached hydrogens (tertiary/aromatic N) is 1. The van der Waals surface area contributed by atoms with Gasteiger partial charge in [-0.25, -0.2) is 10.2 Å². The largest absolute Gasteiger partial charge is 0.423 e. The van der Waals surface area contributed by atoms with Crippen molar-refractivity contribution in [3.63, 3.8) is 0 Å². The van der Waals surface area contributed by atoms with Crippen LogP contribution in [0, 0.1) is 0 Å². The van der Waals surface area contributed by atoms with Gasteiger partial charge in [0.25, 0.3) is 5.91 Å². The average molecular weight is 413 g/mol. The highest BCUT2D eigenvalue weighted by Gasteiger charge is 2.10. The molecular formula is C21H14Cl2N2O3. The maximum atomic E-state index is 12.1. The normalized spacial score (nSPS) is 10.6. The zero-order valence-corrected chi connectivity index (χ0v) is 15.9. The van der Waals surface area contributed by atoms with Gasteiger partial charge in [-0.1, -0.05) is 41.4 Å². The van der Waals surface area contributed by atoms with Crippen LogP contribution in [-0.2, 0) is 0 Å². The van der Waals surface area contributed by atoms with E-state index in [4.69, 9.17) is 27.9 Å². The molecule has 0 aliphatic heterocycles. The van der Waals surface area contributed by atoms with Crippen LogP contribution in [0.2, 0.25) is 10.0 Å². The third kappa shape index (κ3) is 5.19. The van der Waals surface area contributed by atoms with Crippen LogP contribution in [0.4, 0.5) is 0 Å². The molecule has 0 unspecified atom stereocenters. The molecule has 7 heteroatoms. The molecule has 140 valence electrons. The fourth-order valence-corrected chi connectivity index (χ4v) is 2.76. The van der Waals surface area contributed by atoms with Crippen LogP contribution in [0.3, 0.4) is 0 Å². The van der Waals surface area contributed by atoms with Gasteiger partial charge in [0.1, 0.15) is 5.75 Å². The SMILES string of the molecule is O=C(Oc1ccc(/C=N\NC(=O)c2ccc(Cl)cc2Cl)cc1)c1ccccc1. The van der Waals surface area contributed by atoms with Crippen molar-refractivity contribution in [1.82, 2.24) is 5.43 Å². The zero-order valence-electron chi connectivity index (χ0n) is 14.4. The molecule has 0 aliphatic rings. The molecule has 5 nitrogen and oxygen atoms in total. The van der Waals surface area contributed by atoms with Crippen molar-refractivity contribution >= 4 is 41.3 Å². The number of carbonyl (C=O) groups excluding carboxylic acids is 2. The molecule has 0 fully saturated rings. The molecular weight excluding hydrogens is 399 g/mol. The van der Waals surface area contributed by atoms with E-state index in [1.165, 1.54) is 18.3 Å². The Morgan fingerprint density at radius 1 is 0.929 bits per heavy atom. The van der Waals surface area contributed by atoms with Gasteiger partial charge in [-0.15, -0.1) is 0 Å². The van der Waals surface area contributed by atoms with E-state index < -0.39 is 11.9 Å². The molecule has 0 saturated carbocycles. The lowest BCUT2D eigenvalue weighted by molar-refractivity contribution is 0.0734. The van der Waals surface area contributed by atoms with Crippen molar-refractivity contribution < 1.29 is 14.3 Å². The van der Waals surface area contributed by atoms with E-state index in [9.17, 15) is 9.59 Å². The summed E-state index contributed by atoms with van der Waals surface area (Å²) >= 11 is 11.8. The number of amides is 1. The number of halogens is 2. The number of esters is 1. The molecule has 0 aliphatic carbocycles. The van der Waals surface area contributed by atoms with Crippen molar-refractivity contribution in [3.05, 3.63) is 99.5 Å². The molecule has 0 saturated heterocycles. The van der Waals surface area contributed by atoms with Gasteiger partial charge in [0.2, 0.25) is 0 Å². The monoisotopic (exact) mass is 412 g/mol. The Kier molecular flexibility index (Phi) is 6.42. The minimum atomic E-state index is -0.452. The molecule has 3 aromatic carbocycles. The Labute approximate surface area is 171 Å². The predicted molar refractivity (Wildman–Crippen MR) is 109 cm³/mol. The number of hydrazone groups is 1. The first kappa shape index (κ1) is 19.6. The fourth-order valence-electron chi connectivity index (χ4n) is 2.26. The van der Waals surface area contributed by atoms with Gasteiger partial charge in [-0.2, -0.15) is 5.10 Å². The second-order valence-corrected chi connectivity index (χ2v) is 6.49. The van der Waals surface area contributed by atoms with E-state index in [0.717, 1.165) is 0 Å². The Bertz CT molecular complexity index is 1020. The molecule has 0 atom stereocenters. The summed E-state index contributed by atoms with van der Waals surface area (Å²) in [5.41, 5.74) is 3.84. The zero-order chi connectivity index (χ0) is 19.9. The minimum absolute atomic E-state index is 0.241. The average Bonchev–Trinajstić information content (AvgIpc) is 2.70. The Morgan fingerprint density at radius 2 is 1.64 bits per heavy atom. The molecule has 0 aromatic heterocycles. The van der Waals surface area contributed by atoms with Gasteiger partial charge in [0, 0.05) is 5.02 Å². The molecule has 1 N–H and O–H groups in total. The summed E-state index contributed by atoms with van der Waals surface area (Å²) in [5, 5.41) is 4.58. The smallest absolute Gasteiger partial charge is 0.343 e. The number of ether oxygens (including phenoxy) is 1. The summed E-state index contributed by atoms with van der Waals surface area (Å²) in [6.07, 6.45) is 1.46. The maximum absolute atomic E-state index is 12.1. The highest BCUT2D eigenvalue weighted by molar-refractivity contribution is 6.36. The summed E-state index contributed by atoms with van der Waals surface area (Å²) in [6, 6.07) is 20.0. The van der Waals surface area contributed by atoms with Crippen LogP contribution in [0.25, 0.3) is 0 Å². The van der Waals surface area contributed by atoms with Crippen molar-refractivity contribution in [1.29, 1.82) is 0 Å². The second kappa shape index (κ2) is 9.17. The number of rotatable bonds is 5. The van der Waals surface area contributed by atoms with Gasteiger partial charge >= 0.3 is 5.97 Å². The molecule has 0 radical (unpaired) electrons. The summed E-state index contributed by atoms with van der Waals surface area (Å²) < 4.78 is 5.30. The molecule has 3 rings (SSSR count). The third-order valence-corrected chi connectivity index (χ3v) is 4.20. The van der Waals surface area contributed by atoms with Crippen LogP contribution < -0.4 is 10.2 Å². The first-order valence-corrected chi connectivity index (χ1v) is 8.94. The summed E-state index contributed by atoms with van der Waals surface area (Å²) in [6.45, 7) is 0. The molecule has 28 heavy (non-hydrogen) atoms. The van der Waals surface area contributed by atoms with Gasteiger partial charge in [-0.3, -0.25) is 4.79 Å². The van der Waals surface area contributed by atoms with Crippen molar-refractivity contribution in [2.75, 3.05) is 0 Å². The molecule has 3 aromatic rings. The number of nitrogens with one attached hydrogen (secondary N) is 1. The summed E-state index contributed by atoms with van der Waals surface area (Å²) in [7, 11) is 0. The minimum Gasteiger partial charge on any atom is -0.423 e. The van der Waals surface area contributed by atoms with Crippen molar-refractivity contribution in [2.24, 2.45) is 5.10 Å². The second-order valence-electron chi connectivity index (χ2n) is 5.65. The van der Waals surface area contributed by atoms with Gasteiger partial charge < -0.3 is 4.74 Å². The van der Waals surface area contributed by atoms with Crippen LogP contribution >= 0.6 is 23.2 Å². The van der Waals surface area contributed by atoms with Gasteiger partial charge in [-0.05, 0) is 60.2 Å². The summed E-state index contributed by atoms with van der Waals surface area (Å²) in [5.74, 6) is -0.483. The standard InChI is InChI=1S/C21H14Cl2N2O3/c22-16-8-11-18(19(23)12-16)20(26)25-24-13-14-6-9-17(10-7-14)28-21(27)15-4-2-1-3-5-15/h1-13H,(H,25,26)/b24-13-. The van der Waals surface area contributed by atoms with Crippen LogP contribution in [-0.4, -0.2) is 18.1 Å². The highest BCUT2D eigenvalue weighted by Crippen LogP contribution is 2.20. The highest BCUT2D eigenvalue weighted by atomic mass is 35.5. The number of hydrogen-bond acceptors (Lipinski definition) is 4. The number of hydrogen-bond donors (Lipinski definition) is 1. The van der Waals surface area contributed by atoms with E-state index >= 15 is 0 Å². The molecule has 0 bridgehead atoms. The lowest BCUT2D eigenvalue weighted by Crippen LogP contribution is -2.18. The lowest BCUT2D eigenvalue weighted by atomic mass is 10.2. The Hall–Kier alpha value is -3.15. The number of carbonyl (C=O) groups is 2. The third-order valence-electron chi connectivity index (χ3n) is 3.66. The maximum Gasteiger partial charge on any atom is 0.343 e. The Balaban J connectivity index is 1.58. The van der Waals surface area contributed by atoms with E-state index in [1.807, 2.05) is 6.07 Å². The van der Waals surface area contributed by atoms with E-state index in [0.29, 0.717) is 21.9 Å². The van der Waals surface area contributed by atoms with Crippen molar-refractivity contribution in [3.8, 4) is 5.75 Å². The predicted octanol–water partition coefficient (Wildman–Crippen LogP) is 4.98. The first-order valence-electron chi connectivity index (χ1n) is 8.19. The van der Waals surface area contributed by atoms with Gasteiger partial charge in [0.15, 0.2) is 0 Å². The quantitative estimate of drug-likeness (QED) is 0.278. The Morgan fingerprint density at radius 3 is 2.32 bits per heavy atom. The topological polar surface area (TPSA) is 67.8 Å². The van der Waals surface area contributed by atoms with Crippen LogP contribution in [0.15, 0.2) is 77.9 Å². The molecule has 0 heterocycles. The van der Waals surface area contributed by atoms with Crippen LogP contribution in [0.5, 0.6) is 5.75 Å². The fraction of sp³-hybridized carbons (Fsp3) is 0. The van der Waals surface area contributed by atoms with Crippen LogP contribution in [0.1, 0.15) is 26.3 Å². The van der Waals surface area contributed by atoms with E-state index in [1.54, 1.807) is 54.6 Å². The summed E-state index contributed by atoms with van der Waals surface area (Å²) in [4.78, 5) is 24.1. The molecule has 0 spiro atoms.